The average molecular weight is 468 g/mol. The van der Waals surface area contributed by atoms with Gasteiger partial charge in [0.1, 0.15) is 5.52 Å². The number of carbonyl (C=O) groups excluding carboxylic acids is 4. The van der Waals surface area contributed by atoms with E-state index in [-0.39, 0.29) is 46.8 Å². The average Bonchev–Trinajstić information content (AvgIpc) is 3.29. The van der Waals surface area contributed by atoms with Gasteiger partial charge < -0.3 is 14.5 Å². The van der Waals surface area contributed by atoms with E-state index in [0.717, 1.165) is 0 Å². The number of benzene rings is 3. The summed E-state index contributed by atoms with van der Waals surface area (Å²) in [4.78, 5) is 55.3. The molecule has 0 fully saturated rings. The Kier molecular flexibility index (Phi) is 5.70. The Bertz CT molecular complexity index is 1470. The van der Waals surface area contributed by atoms with E-state index in [1.54, 1.807) is 42.5 Å². The lowest BCUT2D eigenvalue weighted by molar-refractivity contribution is -0.153. The molecule has 4 aromatic rings. The fraction of sp³-hybridized carbons (Fsp3) is 0.148. The zero-order valence-corrected chi connectivity index (χ0v) is 18.7. The van der Waals surface area contributed by atoms with Gasteiger partial charge in [-0.1, -0.05) is 48.5 Å². The Morgan fingerprint density at radius 2 is 1.60 bits per heavy atom. The molecule has 3 aromatic carbocycles. The van der Waals surface area contributed by atoms with E-state index < -0.39 is 18.0 Å². The maximum Gasteiger partial charge on any atom is 0.307 e. The van der Waals surface area contributed by atoms with Gasteiger partial charge >= 0.3 is 5.97 Å². The molecule has 1 aliphatic carbocycles. The zero-order valence-electron chi connectivity index (χ0n) is 18.7. The summed E-state index contributed by atoms with van der Waals surface area (Å²) in [5.41, 5.74) is 2.47. The van der Waals surface area contributed by atoms with Crippen molar-refractivity contribution in [1.29, 1.82) is 0 Å². The van der Waals surface area contributed by atoms with Crippen LogP contribution in [0.15, 0.2) is 71.1 Å². The molecule has 0 saturated heterocycles. The number of nitrogens with one attached hydrogen (secondary N) is 1. The summed E-state index contributed by atoms with van der Waals surface area (Å²) in [5.74, 6) is -1.45. The number of amides is 1. The number of anilines is 1. The van der Waals surface area contributed by atoms with Gasteiger partial charge in [-0.15, -0.1) is 0 Å². The number of para-hydroxylation sites is 2. The molecule has 0 spiro atoms. The van der Waals surface area contributed by atoms with Gasteiger partial charge in [-0.3, -0.25) is 19.2 Å². The van der Waals surface area contributed by atoms with E-state index in [1.165, 1.54) is 13.0 Å². The Morgan fingerprint density at radius 1 is 0.914 bits per heavy atom. The second-order valence-corrected chi connectivity index (χ2v) is 8.13. The zero-order chi connectivity index (χ0) is 24.5. The number of oxazole rings is 1. The van der Waals surface area contributed by atoms with Crippen molar-refractivity contribution >= 4 is 40.2 Å². The van der Waals surface area contributed by atoms with Crippen LogP contribution in [0.5, 0.6) is 0 Å². The maximum atomic E-state index is 13.1. The van der Waals surface area contributed by atoms with Crippen LogP contribution in [0.3, 0.4) is 0 Å². The molecule has 1 unspecified atom stereocenters. The molecular formula is C27H20N2O6. The van der Waals surface area contributed by atoms with Crippen molar-refractivity contribution in [1.82, 2.24) is 4.98 Å². The van der Waals surface area contributed by atoms with Gasteiger partial charge in [0.25, 0.3) is 5.91 Å². The number of ether oxygens (including phenoxy) is 1. The van der Waals surface area contributed by atoms with Crippen molar-refractivity contribution in [3.63, 3.8) is 0 Å². The highest BCUT2D eigenvalue weighted by Crippen LogP contribution is 2.32. The topological polar surface area (TPSA) is 116 Å². The number of carbonyl (C=O) groups is 4. The second-order valence-electron chi connectivity index (χ2n) is 8.13. The number of nitrogens with zero attached hydrogens (tertiary/aromatic N) is 1. The first-order valence-corrected chi connectivity index (χ1v) is 11.1. The predicted molar refractivity (Wildman–Crippen MR) is 126 cm³/mol. The van der Waals surface area contributed by atoms with Gasteiger partial charge in [0, 0.05) is 23.1 Å². The first kappa shape index (κ1) is 22.2. The molecule has 8 heteroatoms. The second kappa shape index (κ2) is 8.98. The van der Waals surface area contributed by atoms with Crippen LogP contribution in [0, 0.1) is 0 Å². The van der Waals surface area contributed by atoms with Crippen LogP contribution in [-0.4, -0.2) is 34.5 Å². The van der Waals surface area contributed by atoms with Crippen molar-refractivity contribution in [3.8, 4) is 0 Å². The van der Waals surface area contributed by atoms with E-state index in [4.69, 9.17) is 9.15 Å². The van der Waals surface area contributed by atoms with Gasteiger partial charge in [-0.05, 0) is 25.1 Å². The van der Waals surface area contributed by atoms with Gasteiger partial charge in [0.05, 0.1) is 17.7 Å². The smallest absolute Gasteiger partial charge is 0.307 e. The van der Waals surface area contributed by atoms with Crippen LogP contribution in [-0.2, 0) is 20.7 Å². The fourth-order valence-electron chi connectivity index (χ4n) is 4.03. The van der Waals surface area contributed by atoms with Crippen molar-refractivity contribution < 1.29 is 28.3 Å². The Hall–Kier alpha value is -4.59. The van der Waals surface area contributed by atoms with Crippen LogP contribution in [0.4, 0.5) is 5.69 Å². The number of hydrogen-bond donors (Lipinski definition) is 1. The van der Waals surface area contributed by atoms with Gasteiger partial charge in [-0.25, -0.2) is 4.98 Å². The van der Waals surface area contributed by atoms with Crippen molar-refractivity contribution in [3.05, 3.63) is 94.9 Å². The van der Waals surface area contributed by atoms with E-state index in [9.17, 15) is 19.2 Å². The molecule has 35 heavy (non-hydrogen) atoms. The molecule has 1 amide bonds. The first-order valence-electron chi connectivity index (χ1n) is 11.1. The van der Waals surface area contributed by atoms with Crippen LogP contribution in [0.1, 0.15) is 51.1 Å². The third-order valence-electron chi connectivity index (χ3n) is 5.77. The predicted octanol–water partition coefficient (Wildman–Crippen LogP) is 4.11. The maximum absolute atomic E-state index is 13.1. The SMILES string of the molecule is CC(OC(=O)CCc1nc2ccccc2o1)C(=O)Nc1cccc2c1C(=O)c1ccccc1C2=O. The minimum absolute atomic E-state index is 0.0189. The molecule has 5 rings (SSSR count). The highest BCUT2D eigenvalue weighted by Gasteiger charge is 2.32. The Morgan fingerprint density at radius 3 is 2.37 bits per heavy atom. The summed E-state index contributed by atoms with van der Waals surface area (Å²) in [6.07, 6.45) is -0.914. The number of esters is 1. The third-order valence-corrected chi connectivity index (χ3v) is 5.77. The molecule has 8 nitrogen and oxygen atoms in total. The summed E-state index contributed by atoms with van der Waals surface area (Å²) >= 11 is 0. The highest BCUT2D eigenvalue weighted by molar-refractivity contribution is 6.30. The molecule has 174 valence electrons. The monoisotopic (exact) mass is 468 g/mol. The molecule has 1 atom stereocenters. The number of aromatic nitrogens is 1. The molecule has 1 aliphatic rings. The largest absolute Gasteiger partial charge is 0.453 e. The van der Waals surface area contributed by atoms with E-state index in [0.29, 0.717) is 22.6 Å². The highest BCUT2D eigenvalue weighted by atomic mass is 16.5. The van der Waals surface area contributed by atoms with Crippen molar-refractivity contribution in [2.75, 3.05) is 5.32 Å². The molecule has 0 saturated carbocycles. The molecule has 0 radical (unpaired) electrons. The lowest BCUT2D eigenvalue weighted by Gasteiger charge is -2.21. The minimum Gasteiger partial charge on any atom is -0.453 e. The standard InChI is InChI=1S/C27H20N2O6/c1-15(34-23(30)14-13-22-28-19-10-4-5-12-21(19)35-22)27(33)29-20-11-6-9-18-24(20)26(32)17-8-3-2-7-16(17)25(18)31/h2-12,15H,13-14H2,1H3,(H,29,33). The molecule has 1 aromatic heterocycles. The summed E-state index contributed by atoms with van der Waals surface area (Å²) in [7, 11) is 0. The number of rotatable bonds is 6. The summed E-state index contributed by atoms with van der Waals surface area (Å²) < 4.78 is 10.8. The van der Waals surface area contributed by atoms with Gasteiger partial charge in [0.15, 0.2) is 29.1 Å². The van der Waals surface area contributed by atoms with E-state index in [2.05, 4.69) is 10.3 Å². The first-order chi connectivity index (χ1) is 16.9. The van der Waals surface area contributed by atoms with Crippen LogP contribution in [0.2, 0.25) is 0 Å². The number of hydrogen-bond acceptors (Lipinski definition) is 7. The van der Waals surface area contributed by atoms with Gasteiger partial charge in [0.2, 0.25) is 0 Å². The number of ketones is 2. The fourth-order valence-corrected chi connectivity index (χ4v) is 4.03. The summed E-state index contributed by atoms with van der Waals surface area (Å²) in [5, 5.41) is 2.63. The molecule has 1 N–H and O–H groups in total. The normalized spacial score (nSPS) is 13.2. The molecular weight excluding hydrogens is 448 g/mol. The molecule has 0 aliphatic heterocycles. The van der Waals surface area contributed by atoms with Crippen molar-refractivity contribution in [2.45, 2.75) is 25.9 Å². The summed E-state index contributed by atoms with van der Waals surface area (Å²) in [6.45, 7) is 1.43. The van der Waals surface area contributed by atoms with E-state index in [1.807, 2.05) is 18.2 Å². The number of fused-ring (bicyclic) bond motifs is 3. The van der Waals surface area contributed by atoms with Crippen molar-refractivity contribution in [2.24, 2.45) is 0 Å². The Balaban J connectivity index is 1.25. The molecule has 0 bridgehead atoms. The number of aryl methyl sites for hydroxylation is 1. The van der Waals surface area contributed by atoms with Gasteiger partial charge in [-0.2, -0.15) is 0 Å². The lowest BCUT2D eigenvalue weighted by atomic mass is 9.83. The van der Waals surface area contributed by atoms with Crippen LogP contribution in [0.25, 0.3) is 11.1 Å². The quantitative estimate of drug-likeness (QED) is 0.373. The van der Waals surface area contributed by atoms with Crippen LogP contribution >= 0.6 is 0 Å². The minimum atomic E-state index is -1.12. The van der Waals surface area contributed by atoms with E-state index >= 15 is 0 Å². The lowest BCUT2D eigenvalue weighted by Crippen LogP contribution is -2.31. The third kappa shape index (κ3) is 4.21. The Labute approximate surface area is 199 Å². The summed E-state index contributed by atoms with van der Waals surface area (Å²) in [6, 6.07) is 18.5. The van der Waals surface area contributed by atoms with Crippen LogP contribution < -0.4 is 5.32 Å². The molecule has 1 heterocycles.